The molecule has 0 aliphatic heterocycles. The van der Waals surface area contributed by atoms with Crippen LogP contribution in [0.4, 0.5) is 4.39 Å². The third-order valence-corrected chi connectivity index (χ3v) is 2.15. The first-order valence-electron chi connectivity index (χ1n) is 4.59. The smallest absolute Gasteiger partial charge is 0.218 e. The molecule has 0 fully saturated rings. The van der Waals surface area contributed by atoms with Crippen LogP contribution in [0.25, 0.3) is 0 Å². The maximum absolute atomic E-state index is 13.2. The largest absolute Gasteiger partial charge is 0.473 e. The molecule has 5 heteroatoms. The summed E-state index contributed by atoms with van der Waals surface area (Å²) in [4.78, 5) is 7.56. The van der Waals surface area contributed by atoms with Crippen molar-refractivity contribution in [1.82, 2.24) is 9.97 Å². The Kier molecular flexibility index (Phi) is 3.31. The van der Waals surface area contributed by atoms with Gasteiger partial charge in [-0.05, 0) is 6.07 Å². The van der Waals surface area contributed by atoms with E-state index in [0.29, 0.717) is 16.6 Å². The van der Waals surface area contributed by atoms with Gasteiger partial charge in [0.2, 0.25) is 5.88 Å². The van der Waals surface area contributed by atoms with Crippen LogP contribution in [-0.2, 0) is 6.61 Å². The van der Waals surface area contributed by atoms with Crippen LogP contribution < -0.4 is 4.74 Å². The number of aromatic nitrogens is 2. The van der Waals surface area contributed by atoms with Crippen molar-refractivity contribution in [2.45, 2.75) is 6.61 Å². The molecule has 0 aliphatic rings. The molecule has 1 heterocycles. The molecule has 0 saturated heterocycles. The molecule has 3 nitrogen and oxygen atoms in total. The van der Waals surface area contributed by atoms with Crippen molar-refractivity contribution in [3.63, 3.8) is 0 Å². The SMILES string of the molecule is Fc1ccccc1COc1cc(Cl)ncn1. The molecule has 2 rings (SSSR count). The fraction of sp³-hybridized carbons (Fsp3) is 0.0909. The zero-order valence-corrected chi connectivity index (χ0v) is 8.99. The number of benzene rings is 1. The van der Waals surface area contributed by atoms with Gasteiger partial charge in [0.15, 0.2) is 0 Å². The quantitative estimate of drug-likeness (QED) is 0.772. The zero-order chi connectivity index (χ0) is 11.4. The van der Waals surface area contributed by atoms with Crippen LogP contribution in [-0.4, -0.2) is 9.97 Å². The summed E-state index contributed by atoms with van der Waals surface area (Å²) >= 11 is 5.65. The fourth-order valence-corrected chi connectivity index (χ4v) is 1.30. The van der Waals surface area contributed by atoms with E-state index in [2.05, 4.69) is 9.97 Å². The van der Waals surface area contributed by atoms with E-state index in [0.717, 1.165) is 0 Å². The number of halogens is 2. The third kappa shape index (κ3) is 2.67. The van der Waals surface area contributed by atoms with Crippen molar-refractivity contribution >= 4 is 11.6 Å². The maximum atomic E-state index is 13.2. The molecule has 1 aromatic heterocycles. The van der Waals surface area contributed by atoms with Crippen LogP contribution in [0.5, 0.6) is 5.88 Å². The van der Waals surface area contributed by atoms with Crippen LogP contribution in [0.2, 0.25) is 5.15 Å². The normalized spacial score (nSPS) is 10.1. The Morgan fingerprint density at radius 1 is 1.25 bits per heavy atom. The van der Waals surface area contributed by atoms with Crippen LogP contribution in [0, 0.1) is 5.82 Å². The first-order valence-corrected chi connectivity index (χ1v) is 4.97. The van der Waals surface area contributed by atoms with E-state index >= 15 is 0 Å². The van der Waals surface area contributed by atoms with Crippen molar-refractivity contribution < 1.29 is 9.13 Å². The minimum atomic E-state index is -0.303. The molecule has 0 unspecified atom stereocenters. The molecular weight excluding hydrogens is 231 g/mol. The predicted octanol–water partition coefficient (Wildman–Crippen LogP) is 2.85. The summed E-state index contributed by atoms with van der Waals surface area (Å²) in [6, 6.07) is 7.88. The van der Waals surface area contributed by atoms with E-state index in [9.17, 15) is 4.39 Å². The number of nitrogens with zero attached hydrogens (tertiary/aromatic N) is 2. The molecule has 82 valence electrons. The zero-order valence-electron chi connectivity index (χ0n) is 8.23. The van der Waals surface area contributed by atoms with Crippen molar-refractivity contribution in [1.29, 1.82) is 0 Å². The lowest BCUT2D eigenvalue weighted by Crippen LogP contribution is -1.99. The van der Waals surface area contributed by atoms with Gasteiger partial charge in [0.1, 0.15) is 23.9 Å². The van der Waals surface area contributed by atoms with Crippen LogP contribution in [0.3, 0.4) is 0 Å². The molecule has 16 heavy (non-hydrogen) atoms. The molecule has 0 saturated carbocycles. The lowest BCUT2D eigenvalue weighted by atomic mass is 10.2. The van der Waals surface area contributed by atoms with E-state index in [1.807, 2.05) is 0 Å². The first-order chi connectivity index (χ1) is 7.75. The Morgan fingerprint density at radius 2 is 2.06 bits per heavy atom. The lowest BCUT2D eigenvalue weighted by molar-refractivity contribution is 0.287. The van der Waals surface area contributed by atoms with E-state index < -0.39 is 0 Å². The third-order valence-electron chi connectivity index (χ3n) is 1.94. The highest BCUT2D eigenvalue weighted by Gasteiger charge is 2.02. The average molecular weight is 239 g/mol. The monoisotopic (exact) mass is 238 g/mol. The van der Waals surface area contributed by atoms with E-state index in [-0.39, 0.29) is 12.4 Å². The van der Waals surface area contributed by atoms with Crippen LogP contribution in [0.15, 0.2) is 36.7 Å². The summed E-state index contributed by atoms with van der Waals surface area (Å²) in [7, 11) is 0. The molecule has 0 atom stereocenters. The molecule has 1 aromatic carbocycles. The minimum Gasteiger partial charge on any atom is -0.473 e. The first kappa shape index (κ1) is 10.8. The van der Waals surface area contributed by atoms with Gasteiger partial charge >= 0.3 is 0 Å². The van der Waals surface area contributed by atoms with Crippen molar-refractivity contribution in [3.8, 4) is 5.88 Å². The number of hydrogen-bond acceptors (Lipinski definition) is 3. The van der Waals surface area contributed by atoms with Crippen molar-refractivity contribution in [2.75, 3.05) is 0 Å². The van der Waals surface area contributed by atoms with Crippen LogP contribution in [0.1, 0.15) is 5.56 Å². The summed E-state index contributed by atoms with van der Waals surface area (Å²) in [5.41, 5.74) is 0.470. The standard InChI is InChI=1S/C11H8ClFN2O/c12-10-5-11(15-7-14-10)16-6-8-3-1-2-4-9(8)13/h1-5,7H,6H2. The van der Waals surface area contributed by atoms with Gasteiger partial charge in [-0.2, -0.15) is 0 Å². The van der Waals surface area contributed by atoms with Gasteiger partial charge < -0.3 is 4.74 Å². The number of rotatable bonds is 3. The average Bonchev–Trinajstić information content (AvgIpc) is 2.28. The minimum absolute atomic E-state index is 0.111. The van der Waals surface area contributed by atoms with Gasteiger partial charge in [-0.15, -0.1) is 0 Å². The predicted molar refractivity (Wildman–Crippen MR) is 57.8 cm³/mol. The van der Waals surface area contributed by atoms with E-state index in [4.69, 9.17) is 16.3 Å². The topological polar surface area (TPSA) is 35.0 Å². The Bertz CT molecular complexity index is 493. The highest BCUT2D eigenvalue weighted by Crippen LogP contribution is 2.14. The lowest BCUT2D eigenvalue weighted by Gasteiger charge is -2.05. The molecule has 0 N–H and O–H groups in total. The number of hydrogen-bond donors (Lipinski definition) is 0. The highest BCUT2D eigenvalue weighted by atomic mass is 35.5. The maximum Gasteiger partial charge on any atom is 0.218 e. The van der Waals surface area contributed by atoms with Crippen LogP contribution >= 0.6 is 11.6 Å². The van der Waals surface area contributed by atoms with Gasteiger partial charge in [0, 0.05) is 11.6 Å². The van der Waals surface area contributed by atoms with Gasteiger partial charge in [-0.3, -0.25) is 0 Å². The Balaban J connectivity index is 2.05. The highest BCUT2D eigenvalue weighted by molar-refractivity contribution is 6.29. The summed E-state index contributed by atoms with van der Waals surface area (Å²) in [6.45, 7) is 0.111. The summed E-state index contributed by atoms with van der Waals surface area (Å²) < 4.78 is 18.5. The van der Waals surface area contributed by atoms with Gasteiger partial charge in [0.05, 0.1) is 0 Å². The molecule has 0 bridgehead atoms. The summed E-state index contributed by atoms with van der Waals surface area (Å²) in [5, 5.41) is 0.290. The molecule has 0 aliphatic carbocycles. The van der Waals surface area contributed by atoms with Gasteiger partial charge in [0.25, 0.3) is 0 Å². The molecule has 2 aromatic rings. The van der Waals surface area contributed by atoms with E-state index in [1.165, 1.54) is 18.5 Å². The van der Waals surface area contributed by atoms with Crippen molar-refractivity contribution in [2.24, 2.45) is 0 Å². The van der Waals surface area contributed by atoms with Gasteiger partial charge in [-0.25, -0.2) is 14.4 Å². The summed E-state index contributed by atoms with van der Waals surface area (Å²) in [5.74, 6) is 0.0194. The summed E-state index contributed by atoms with van der Waals surface area (Å²) in [6.07, 6.45) is 1.29. The Hall–Kier alpha value is -1.68. The fourth-order valence-electron chi connectivity index (χ4n) is 1.16. The van der Waals surface area contributed by atoms with Gasteiger partial charge in [-0.1, -0.05) is 29.8 Å². The molecule has 0 radical (unpaired) electrons. The molecule has 0 amide bonds. The Morgan fingerprint density at radius 3 is 2.81 bits per heavy atom. The second-order valence-electron chi connectivity index (χ2n) is 3.06. The second-order valence-corrected chi connectivity index (χ2v) is 3.45. The Labute approximate surface area is 96.9 Å². The number of ether oxygens (including phenoxy) is 1. The second kappa shape index (κ2) is 4.90. The molecular formula is C11H8ClFN2O. The van der Waals surface area contributed by atoms with E-state index in [1.54, 1.807) is 18.2 Å². The molecule has 0 spiro atoms. The van der Waals surface area contributed by atoms with Crippen molar-refractivity contribution in [3.05, 3.63) is 53.2 Å².